The molecule has 0 aromatic carbocycles. The van der Waals surface area contributed by atoms with Crippen molar-refractivity contribution in [3.63, 3.8) is 0 Å². The number of hydrogen-bond donors (Lipinski definition) is 3. The van der Waals surface area contributed by atoms with Crippen LogP contribution < -0.4 is 16.0 Å². The second-order valence-electron chi connectivity index (χ2n) is 9.26. The predicted octanol–water partition coefficient (Wildman–Crippen LogP) is 2.69. The number of allylic oxidation sites excluding steroid dienone is 1. The predicted molar refractivity (Wildman–Crippen MR) is 151 cm³/mol. The quantitative estimate of drug-likeness (QED) is 0.249. The van der Waals surface area contributed by atoms with Crippen molar-refractivity contribution in [2.24, 2.45) is 5.92 Å². The lowest BCUT2D eigenvalue weighted by atomic mass is 9.92. The van der Waals surface area contributed by atoms with Gasteiger partial charge in [0.1, 0.15) is 18.2 Å². The topological polar surface area (TPSA) is 123 Å². The number of thioether (sulfide) groups is 1. The minimum Gasteiger partial charge on any atom is -0.460 e. The molecule has 12 heteroatoms. The fraction of sp³-hybridized carbons (Fsp3) is 0.760. The SMILES string of the molecule is CCC(C)[C@H]1NC(=O)[C@H]2CSSCC/C=C/[C@H](CC(=O)N[C@H](CCSC)C(=O)N2)OCC[C@@H]1OC(C)=O. The first kappa shape index (κ1) is 31.8. The van der Waals surface area contributed by atoms with Gasteiger partial charge >= 0.3 is 5.97 Å². The molecule has 6 atom stereocenters. The molecule has 0 saturated carbocycles. The maximum atomic E-state index is 13.5. The van der Waals surface area contributed by atoms with Crippen molar-refractivity contribution in [2.45, 2.75) is 83.2 Å². The van der Waals surface area contributed by atoms with Gasteiger partial charge in [0, 0.05) is 24.9 Å². The van der Waals surface area contributed by atoms with E-state index in [-0.39, 0.29) is 36.7 Å². The number of carbonyl (C=O) groups is 4. The van der Waals surface area contributed by atoms with E-state index in [4.69, 9.17) is 9.47 Å². The highest BCUT2D eigenvalue weighted by Gasteiger charge is 2.34. The van der Waals surface area contributed by atoms with Crippen molar-refractivity contribution < 1.29 is 28.7 Å². The first-order valence-electron chi connectivity index (χ1n) is 12.8. The van der Waals surface area contributed by atoms with E-state index < -0.39 is 36.3 Å². The molecule has 0 aromatic rings. The molecule has 3 amide bonds. The van der Waals surface area contributed by atoms with Gasteiger partial charge in [-0.15, -0.1) is 0 Å². The molecule has 37 heavy (non-hydrogen) atoms. The summed E-state index contributed by atoms with van der Waals surface area (Å²) in [5, 5.41) is 8.82. The molecule has 2 rings (SSSR count). The van der Waals surface area contributed by atoms with E-state index in [1.807, 2.05) is 32.3 Å². The van der Waals surface area contributed by atoms with Gasteiger partial charge in [-0.1, -0.05) is 54.0 Å². The third-order valence-electron chi connectivity index (χ3n) is 6.34. The monoisotopic (exact) mass is 575 g/mol. The highest BCUT2D eigenvalue weighted by molar-refractivity contribution is 8.76. The molecule has 0 aromatic heterocycles. The maximum absolute atomic E-state index is 13.5. The third kappa shape index (κ3) is 11.5. The lowest BCUT2D eigenvalue weighted by Crippen LogP contribution is -2.58. The van der Waals surface area contributed by atoms with Crippen molar-refractivity contribution >= 4 is 57.0 Å². The van der Waals surface area contributed by atoms with Gasteiger partial charge in [0.15, 0.2) is 0 Å². The Balaban J connectivity index is 2.48. The van der Waals surface area contributed by atoms with Gasteiger partial charge in [0.05, 0.1) is 25.2 Å². The zero-order chi connectivity index (χ0) is 27.2. The molecule has 0 spiro atoms. The maximum Gasteiger partial charge on any atom is 0.302 e. The van der Waals surface area contributed by atoms with Crippen LogP contribution in [-0.4, -0.2) is 84.1 Å². The lowest BCUT2D eigenvalue weighted by molar-refractivity contribution is -0.151. The molecule has 1 saturated heterocycles. The number of fused-ring (bicyclic) bond motifs is 7. The summed E-state index contributed by atoms with van der Waals surface area (Å²) in [5.74, 6) is 0.426. The zero-order valence-corrected chi connectivity index (χ0v) is 24.6. The Morgan fingerprint density at radius 3 is 2.70 bits per heavy atom. The van der Waals surface area contributed by atoms with Crippen molar-refractivity contribution in [3.8, 4) is 0 Å². The van der Waals surface area contributed by atoms with E-state index in [2.05, 4.69) is 16.0 Å². The molecule has 3 N–H and O–H groups in total. The van der Waals surface area contributed by atoms with Crippen LogP contribution in [0.5, 0.6) is 0 Å². The van der Waals surface area contributed by atoms with Crippen LogP contribution in [-0.2, 0) is 28.7 Å². The highest BCUT2D eigenvalue weighted by atomic mass is 33.1. The van der Waals surface area contributed by atoms with Crippen molar-refractivity contribution in [2.75, 3.05) is 30.1 Å². The largest absolute Gasteiger partial charge is 0.460 e. The van der Waals surface area contributed by atoms with Crippen molar-refractivity contribution in [1.29, 1.82) is 0 Å². The van der Waals surface area contributed by atoms with Crippen molar-refractivity contribution in [1.82, 2.24) is 16.0 Å². The van der Waals surface area contributed by atoms with Gasteiger partial charge in [-0.25, -0.2) is 0 Å². The second-order valence-corrected chi connectivity index (χ2v) is 12.9. The summed E-state index contributed by atoms with van der Waals surface area (Å²) in [6.45, 7) is 5.60. The minimum absolute atomic E-state index is 0.00881. The normalized spacial score (nSPS) is 30.4. The Hall–Kier alpha value is -1.37. The molecule has 2 aliphatic heterocycles. The van der Waals surface area contributed by atoms with E-state index in [0.29, 0.717) is 24.3 Å². The Morgan fingerprint density at radius 2 is 2.00 bits per heavy atom. The Kier molecular flexibility index (Phi) is 14.9. The molecule has 0 radical (unpaired) electrons. The molecule has 1 fully saturated rings. The van der Waals surface area contributed by atoms with Crippen LogP contribution in [0.25, 0.3) is 0 Å². The summed E-state index contributed by atoms with van der Waals surface area (Å²) in [7, 11) is 3.15. The van der Waals surface area contributed by atoms with Crippen LogP contribution in [0.1, 0.15) is 52.9 Å². The summed E-state index contributed by atoms with van der Waals surface area (Å²) < 4.78 is 11.7. The average molecular weight is 576 g/mol. The number of carbonyl (C=O) groups excluding carboxylic acids is 4. The number of ether oxygens (including phenoxy) is 2. The first-order chi connectivity index (χ1) is 17.7. The van der Waals surface area contributed by atoms with Crippen LogP contribution >= 0.6 is 33.3 Å². The molecular weight excluding hydrogens is 534 g/mol. The Morgan fingerprint density at radius 1 is 1.22 bits per heavy atom. The molecular formula is C25H41N3O6S3. The molecule has 0 aliphatic carbocycles. The number of rotatable bonds is 6. The lowest BCUT2D eigenvalue weighted by Gasteiger charge is -2.33. The van der Waals surface area contributed by atoms with Crippen LogP contribution in [0.2, 0.25) is 0 Å². The number of hydrogen-bond acceptors (Lipinski definition) is 9. The molecule has 9 nitrogen and oxygen atoms in total. The molecule has 210 valence electrons. The molecule has 2 aliphatic rings. The van der Waals surface area contributed by atoms with Gasteiger partial charge in [0.2, 0.25) is 17.7 Å². The smallest absolute Gasteiger partial charge is 0.302 e. The summed E-state index contributed by atoms with van der Waals surface area (Å²) in [6, 6.07) is -2.02. The van der Waals surface area contributed by atoms with Gasteiger partial charge in [-0.2, -0.15) is 11.8 Å². The van der Waals surface area contributed by atoms with E-state index >= 15 is 0 Å². The molecule has 1 unspecified atom stereocenters. The van der Waals surface area contributed by atoms with Crippen LogP contribution in [0.15, 0.2) is 12.2 Å². The Bertz CT molecular complexity index is 800. The second kappa shape index (κ2) is 17.3. The average Bonchev–Trinajstić information content (AvgIpc) is 2.86. The van der Waals surface area contributed by atoms with E-state index in [0.717, 1.165) is 18.6 Å². The molecule has 2 bridgehead atoms. The highest BCUT2D eigenvalue weighted by Crippen LogP contribution is 2.25. The number of nitrogens with one attached hydrogen (secondary N) is 3. The standard InChI is InChI=1S/C25H41N3O6S3/c1-5-16(2)23-21(34-17(3)29)9-11-33-18-8-6-7-12-36-37-15-20(25(32)28-23)27-24(31)19(10-13-35-4)26-22(30)14-18/h6,8,16,18-21,23H,5,7,9-15H2,1-4H3,(H,26,30)(H,27,31)(H,28,32)/b8-6+/t16?,18-,19-,20-,21+,23-/m1/s1. The van der Waals surface area contributed by atoms with Crippen LogP contribution in [0, 0.1) is 5.92 Å². The fourth-order valence-corrected chi connectivity index (χ4v) is 6.73. The van der Waals surface area contributed by atoms with Gasteiger partial charge in [-0.3, -0.25) is 19.2 Å². The van der Waals surface area contributed by atoms with Gasteiger partial charge in [0.25, 0.3) is 0 Å². The third-order valence-corrected chi connectivity index (χ3v) is 9.43. The molecule has 2 heterocycles. The first-order valence-corrected chi connectivity index (χ1v) is 16.7. The van der Waals surface area contributed by atoms with Gasteiger partial charge in [-0.05, 0) is 30.8 Å². The fourth-order valence-electron chi connectivity index (χ4n) is 4.10. The Labute approximate surface area is 232 Å². The van der Waals surface area contributed by atoms with Crippen molar-refractivity contribution in [3.05, 3.63) is 12.2 Å². The number of esters is 1. The van der Waals surface area contributed by atoms with E-state index in [1.165, 1.54) is 17.7 Å². The zero-order valence-electron chi connectivity index (χ0n) is 22.2. The summed E-state index contributed by atoms with van der Waals surface area (Å²) >= 11 is 1.58. The number of amides is 3. The van der Waals surface area contributed by atoms with Gasteiger partial charge < -0.3 is 25.4 Å². The van der Waals surface area contributed by atoms with E-state index in [9.17, 15) is 19.2 Å². The van der Waals surface area contributed by atoms with E-state index in [1.54, 1.807) is 22.6 Å². The summed E-state index contributed by atoms with van der Waals surface area (Å²) in [4.78, 5) is 51.7. The van der Waals surface area contributed by atoms with Crippen LogP contribution in [0.3, 0.4) is 0 Å². The van der Waals surface area contributed by atoms with Crippen LogP contribution in [0.4, 0.5) is 0 Å². The minimum atomic E-state index is -0.807. The summed E-state index contributed by atoms with van der Waals surface area (Å²) in [5.41, 5.74) is 0. The summed E-state index contributed by atoms with van der Waals surface area (Å²) in [6.07, 6.45) is 7.15.